The number of anilines is 1. The summed E-state index contributed by atoms with van der Waals surface area (Å²) in [6.45, 7) is 0. The third-order valence-electron chi connectivity index (χ3n) is 2.98. The second-order valence-corrected chi connectivity index (χ2v) is 4.14. The molecule has 2 aromatic heterocycles. The van der Waals surface area contributed by atoms with Crippen LogP contribution >= 0.6 is 0 Å². The summed E-state index contributed by atoms with van der Waals surface area (Å²) in [7, 11) is 0. The first-order chi connectivity index (χ1) is 7.83. The van der Waals surface area contributed by atoms with E-state index < -0.39 is 0 Å². The molecule has 1 aliphatic rings. The van der Waals surface area contributed by atoms with Crippen molar-refractivity contribution in [3.63, 3.8) is 0 Å². The van der Waals surface area contributed by atoms with Gasteiger partial charge in [0.25, 0.3) is 0 Å². The van der Waals surface area contributed by atoms with E-state index in [0.717, 1.165) is 5.82 Å². The molecule has 2 N–H and O–H groups in total. The van der Waals surface area contributed by atoms with E-state index in [1.54, 1.807) is 6.07 Å². The summed E-state index contributed by atoms with van der Waals surface area (Å²) in [6, 6.07) is 4.13. The number of rotatable bonds is 2. The van der Waals surface area contributed by atoms with Crippen molar-refractivity contribution in [1.82, 2.24) is 19.8 Å². The van der Waals surface area contributed by atoms with E-state index in [0.29, 0.717) is 11.7 Å². The Morgan fingerprint density at radius 3 is 3.00 bits per heavy atom. The molecule has 0 radical (unpaired) electrons. The van der Waals surface area contributed by atoms with Gasteiger partial charge in [0, 0.05) is 6.04 Å². The van der Waals surface area contributed by atoms with Gasteiger partial charge in [0.05, 0.1) is 0 Å². The Bertz CT molecular complexity index is 552. The zero-order valence-electron chi connectivity index (χ0n) is 8.81. The van der Waals surface area contributed by atoms with Crippen molar-refractivity contribution in [3.8, 4) is 0 Å². The van der Waals surface area contributed by atoms with Gasteiger partial charge in [-0.1, -0.05) is 12.8 Å². The summed E-state index contributed by atoms with van der Waals surface area (Å²) in [6.07, 6.45) is 4.90. The maximum atomic E-state index is 11.3. The normalized spacial score (nSPS) is 17.0. The lowest BCUT2D eigenvalue weighted by atomic mass is 10.2. The van der Waals surface area contributed by atoms with E-state index in [4.69, 9.17) is 0 Å². The quantitative estimate of drug-likeness (QED) is 0.782. The number of nitrogens with zero attached hydrogens (tertiary/aromatic N) is 3. The number of hydrogen-bond donors (Lipinski definition) is 2. The van der Waals surface area contributed by atoms with Crippen LogP contribution < -0.4 is 11.0 Å². The Hall–Kier alpha value is -1.85. The highest BCUT2D eigenvalue weighted by atomic mass is 16.2. The van der Waals surface area contributed by atoms with Gasteiger partial charge < -0.3 is 5.32 Å². The second kappa shape index (κ2) is 3.62. The fourth-order valence-electron chi connectivity index (χ4n) is 2.16. The van der Waals surface area contributed by atoms with Crippen LogP contribution in [0.4, 0.5) is 5.82 Å². The van der Waals surface area contributed by atoms with Crippen molar-refractivity contribution in [2.75, 3.05) is 5.32 Å². The Labute approximate surface area is 91.7 Å². The van der Waals surface area contributed by atoms with Crippen LogP contribution in [0.1, 0.15) is 25.7 Å². The van der Waals surface area contributed by atoms with Gasteiger partial charge in [-0.3, -0.25) is 0 Å². The minimum absolute atomic E-state index is 0.301. The van der Waals surface area contributed by atoms with E-state index in [9.17, 15) is 4.79 Å². The molecule has 2 heterocycles. The number of nitrogens with one attached hydrogen (secondary N) is 2. The fourth-order valence-corrected chi connectivity index (χ4v) is 2.16. The van der Waals surface area contributed by atoms with Crippen LogP contribution in [0.2, 0.25) is 0 Å². The number of fused-ring (bicyclic) bond motifs is 1. The van der Waals surface area contributed by atoms with E-state index in [-0.39, 0.29) is 5.69 Å². The van der Waals surface area contributed by atoms with Gasteiger partial charge in [0.2, 0.25) is 0 Å². The lowest BCUT2D eigenvalue weighted by Gasteiger charge is -2.11. The molecule has 1 aliphatic carbocycles. The topological polar surface area (TPSA) is 75.1 Å². The van der Waals surface area contributed by atoms with E-state index in [2.05, 4.69) is 20.6 Å². The molecule has 1 fully saturated rings. The Kier molecular flexibility index (Phi) is 2.12. The van der Waals surface area contributed by atoms with Gasteiger partial charge in [-0.05, 0) is 25.0 Å². The zero-order chi connectivity index (χ0) is 11.0. The van der Waals surface area contributed by atoms with Crippen LogP contribution in [0.5, 0.6) is 0 Å². The molecule has 0 amide bonds. The molecule has 0 aliphatic heterocycles. The van der Waals surface area contributed by atoms with Crippen LogP contribution in [-0.2, 0) is 0 Å². The molecular weight excluding hydrogens is 206 g/mol. The standard InChI is InChI=1S/C10H13N5O/c16-10-13-12-9-6-5-8(14-15(9)10)11-7-3-1-2-4-7/h5-7H,1-4H2,(H,11,14)(H,13,16). The van der Waals surface area contributed by atoms with Crippen LogP contribution in [0.15, 0.2) is 16.9 Å². The molecule has 1 saturated carbocycles. The van der Waals surface area contributed by atoms with E-state index in [1.807, 2.05) is 6.07 Å². The highest BCUT2D eigenvalue weighted by molar-refractivity contribution is 5.43. The number of aromatic nitrogens is 4. The maximum absolute atomic E-state index is 11.3. The van der Waals surface area contributed by atoms with Crippen molar-refractivity contribution < 1.29 is 0 Å². The van der Waals surface area contributed by atoms with Gasteiger partial charge in [-0.25, -0.2) is 9.89 Å². The molecular formula is C10H13N5O. The Morgan fingerprint density at radius 1 is 1.38 bits per heavy atom. The lowest BCUT2D eigenvalue weighted by molar-refractivity contribution is 0.741. The number of aromatic amines is 1. The van der Waals surface area contributed by atoms with Crippen LogP contribution in [-0.4, -0.2) is 25.9 Å². The van der Waals surface area contributed by atoms with Crippen molar-refractivity contribution >= 4 is 11.5 Å². The molecule has 3 rings (SSSR count). The smallest absolute Gasteiger partial charge is 0.364 e. The van der Waals surface area contributed by atoms with Crippen LogP contribution in [0.3, 0.4) is 0 Å². The molecule has 6 nitrogen and oxygen atoms in total. The molecule has 0 saturated heterocycles. The number of H-pyrrole nitrogens is 1. The second-order valence-electron chi connectivity index (χ2n) is 4.14. The average molecular weight is 219 g/mol. The largest absolute Gasteiger partial charge is 0.366 e. The van der Waals surface area contributed by atoms with Crippen molar-refractivity contribution in [1.29, 1.82) is 0 Å². The lowest BCUT2D eigenvalue weighted by Crippen LogP contribution is -2.18. The van der Waals surface area contributed by atoms with Crippen molar-refractivity contribution in [2.45, 2.75) is 31.7 Å². The highest BCUT2D eigenvalue weighted by Gasteiger charge is 2.15. The summed E-state index contributed by atoms with van der Waals surface area (Å²) in [5, 5.41) is 13.7. The summed E-state index contributed by atoms with van der Waals surface area (Å²) in [5.74, 6) is 0.739. The maximum Gasteiger partial charge on any atom is 0.364 e. The molecule has 6 heteroatoms. The summed E-state index contributed by atoms with van der Waals surface area (Å²) in [4.78, 5) is 11.3. The van der Waals surface area contributed by atoms with Gasteiger partial charge in [0.15, 0.2) is 5.65 Å². The minimum Gasteiger partial charge on any atom is -0.366 e. The molecule has 0 spiro atoms. The summed E-state index contributed by atoms with van der Waals surface area (Å²) < 4.78 is 1.28. The monoisotopic (exact) mass is 219 g/mol. The minimum atomic E-state index is -0.301. The number of hydrogen-bond acceptors (Lipinski definition) is 4. The zero-order valence-corrected chi connectivity index (χ0v) is 8.81. The van der Waals surface area contributed by atoms with E-state index in [1.165, 1.54) is 30.2 Å². The first kappa shape index (κ1) is 9.38. The predicted molar refractivity (Wildman–Crippen MR) is 59.5 cm³/mol. The van der Waals surface area contributed by atoms with Crippen molar-refractivity contribution in [3.05, 3.63) is 22.6 Å². The molecule has 0 unspecified atom stereocenters. The van der Waals surface area contributed by atoms with Gasteiger partial charge in [-0.15, -0.1) is 5.10 Å². The predicted octanol–water partition coefficient (Wildman–Crippen LogP) is 0.772. The first-order valence-electron chi connectivity index (χ1n) is 5.54. The molecule has 84 valence electrons. The van der Waals surface area contributed by atoms with Gasteiger partial charge in [0.1, 0.15) is 5.82 Å². The van der Waals surface area contributed by atoms with Crippen LogP contribution in [0, 0.1) is 0 Å². The Balaban J connectivity index is 1.91. The average Bonchev–Trinajstić information content (AvgIpc) is 2.90. The fraction of sp³-hybridized carbons (Fsp3) is 0.500. The third-order valence-corrected chi connectivity index (χ3v) is 2.98. The Morgan fingerprint density at radius 2 is 2.19 bits per heavy atom. The van der Waals surface area contributed by atoms with Crippen molar-refractivity contribution in [2.24, 2.45) is 0 Å². The summed E-state index contributed by atoms with van der Waals surface area (Å²) >= 11 is 0. The SMILES string of the molecule is O=c1[nH]nc2ccc(NC3CCCC3)nn12. The van der Waals surface area contributed by atoms with Gasteiger partial charge >= 0.3 is 5.69 Å². The molecule has 0 bridgehead atoms. The summed E-state index contributed by atoms with van der Waals surface area (Å²) in [5.41, 5.74) is 0.243. The molecule has 0 atom stereocenters. The molecule has 2 aromatic rings. The first-order valence-corrected chi connectivity index (χ1v) is 5.54. The highest BCUT2D eigenvalue weighted by Crippen LogP contribution is 2.21. The van der Waals surface area contributed by atoms with Crippen LogP contribution in [0.25, 0.3) is 5.65 Å². The van der Waals surface area contributed by atoms with E-state index >= 15 is 0 Å². The third kappa shape index (κ3) is 1.56. The molecule has 0 aromatic carbocycles. The van der Waals surface area contributed by atoms with Gasteiger partial charge in [-0.2, -0.15) is 9.61 Å². The molecule has 16 heavy (non-hydrogen) atoms.